The van der Waals surface area contributed by atoms with Crippen LogP contribution < -0.4 is 5.73 Å². The Hall–Kier alpha value is -1.15. The molecule has 0 aromatic heterocycles. The summed E-state index contributed by atoms with van der Waals surface area (Å²) in [5.41, 5.74) is 8.18. The first-order valence-electron chi connectivity index (χ1n) is 4.77. The van der Waals surface area contributed by atoms with Crippen molar-refractivity contribution in [2.45, 2.75) is 20.3 Å². The Morgan fingerprint density at radius 2 is 2.21 bits per heavy atom. The van der Waals surface area contributed by atoms with E-state index in [1.807, 2.05) is 26.0 Å². The van der Waals surface area contributed by atoms with Crippen molar-refractivity contribution in [2.24, 2.45) is 5.73 Å². The van der Waals surface area contributed by atoms with Gasteiger partial charge >= 0.3 is 0 Å². The first-order valence-corrected chi connectivity index (χ1v) is 4.77. The van der Waals surface area contributed by atoms with Gasteiger partial charge in [-0.25, -0.2) is 4.39 Å². The molecule has 0 heterocycles. The molecule has 0 amide bonds. The van der Waals surface area contributed by atoms with E-state index in [0.717, 1.165) is 17.6 Å². The summed E-state index contributed by atoms with van der Waals surface area (Å²) in [6, 6.07) is 5.11. The zero-order chi connectivity index (χ0) is 10.6. The first-order chi connectivity index (χ1) is 6.65. The summed E-state index contributed by atoms with van der Waals surface area (Å²) in [5.74, 6) is -0.165. The van der Waals surface area contributed by atoms with Gasteiger partial charge in [-0.3, -0.25) is 0 Å². The summed E-state index contributed by atoms with van der Waals surface area (Å²) in [6.07, 6.45) is 2.69. The minimum absolute atomic E-state index is 0.165. The van der Waals surface area contributed by atoms with Gasteiger partial charge in [0.1, 0.15) is 5.82 Å². The highest BCUT2D eigenvalue weighted by atomic mass is 19.1. The Morgan fingerprint density at radius 1 is 1.50 bits per heavy atom. The van der Waals surface area contributed by atoms with E-state index >= 15 is 0 Å². The molecule has 0 saturated heterocycles. The number of hydrogen-bond donors (Lipinski definition) is 1. The molecule has 0 aliphatic carbocycles. The Kier molecular flexibility index (Phi) is 3.84. The van der Waals surface area contributed by atoms with E-state index in [0.29, 0.717) is 12.1 Å². The fourth-order valence-corrected chi connectivity index (χ4v) is 1.37. The molecule has 0 fully saturated rings. The molecule has 1 rings (SSSR count). The van der Waals surface area contributed by atoms with Crippen LogP contribution in [0.1, 0.15) is 24.5 Å². The fourth-order valence-electron chi connectivity index (χ4n) is 1.37. The lowest BCUT2D eigenvalue weighted by Crippen LogP contribution is -1.98. The molecule has 0 aliphatic heterocycles. The van der Waals surface area contributed by atoms with Gasteiger partial charge < -0.3 is 5.73 Å². The maximum atomic E-state index is 13.4. The average Bonchev–Trinajstić information content (AvgIpc) is 2.12. The Labute approximate surface area is 84.4 Å². The third-order valence-electron chi connectivity index (χ3n) is 2.20. The number of aryl methyl sites for hydroxylation is 1. The molecule has 0 radical (unpaired) electrons. The number of hydrogen-bond acceptors (Lipinski definition) is 1. The third kappa shape index (κ3) is 2.67. The van der Waals surface area contributed by atoms with Crippen LogP contribution in [0.25, 0.3) is 6.08 Å². The SMILES string of the molecule is C/C(=C\c1c(C)cccc1F)CCN. The van der Waals surface area contributed by atoms with Crippen LogP contribution >= 0.6 is 0 Å². The van der Waals surface area contributed by atoms with Gasteiger partial charge in [0.15, 0.2) is 0 Å². The van der Waals surface area contributed by atoms with Gasteiger partial charge in [0, 0.05) is 5.56 Å². The van der Waals surface area contributed by atoms with Crippen molar-refractivity contribution in [3.63, 3.8) is 0 Å². The summed E-state index contributed by atoms with van der Waals surface area (Å²) in [5, 5.41) is 0. The first kappa shape index (κ1) is 10.9. The molecule has 0 aliphatic rings. The molecule has 14 heavy (non-hydrogen) atoms. The molecule has 0 atom stereocenters. The molecular formula is C12H16FN. The van der Waals surface area contributed by atoms with Gasteiger partial charge in [-0.2, -0.15) is 0 Å². The van der Waals surface area contributed by atoms with Crippen molar-refractivity contribution in [1.29, 1.82) is 0 Å². The van der Waals surface area contributed by atoms with Crippen LogP contribution in [-0.2, 0) is 0 Å². The number of nitrogens with two attached hydrogens (primary N) is 1. The summed E-state index contributed by atoms with van der Waals surface area (Å²) in [6.45, 7) is 4.49. The smallest absolute Gasteiger partial charge is 0.130 e. The Balaban J connectivity index is 3.01. The molecule has 1 nitrogen and oxygen atoms in total. The van der Waals surface area contributed by atoms with Crippen LogP contribution in [0.2, 0.25) is 0 Å². The van der Waals surface area contributed by atoms with Crippen molar-refractivity contribution in [3.05, 3.63) is 40.7 Å². The minimum atomic E-state index is -0.165. The number of halogens is 1. The second kappa shape index (κ2) is 4.91. The van der Waals surface area contributed by atoms with E-state index in [2.05, 4.69) is 0 Å². The van der Waals surface area contributed by atoms with Gasteiger partial charge in [-0.15, -0.1) is 0 Å². The van der Waals surface area contributed by atoms with Crippen LogP contribution in [0.3, 0.4) is 0 Å². The van der Waals surface area contributed by atoms with Crippen LogP contribution in [0, 0.1) is 12.7 Å². The standard InChI is InChI=1S/C12H16FN/c1-9(6-7-14)8-11-10(2)4-3-5-12(11)13/h3-5,8H,6-7,14H2,1-2H3/b9-8+. The van der Waals surface area contributed by atoms with Gasteiger partial charge in [-0.05, 0) is 38.4 Å². The molecule has 1 aromatic rings. The molecule has 76 valence electrons. The molecule has 1 aromatic carbocycles. The quantitative estimate of drug-likeness (QED) is 0.784. The van der Waals surface area contributed by atoms with E-state index < -0.39 is 0 Å². The number of benzene rings is 1. The molecule has 0 spiro atoms. The largest absolute Gasteiger partial charge is 0.330 e. The van der Waals surface area contributed by atoms with Crippen LogP contribution in [-0.4, -0.2) is 6.54 Å². The highest BCUT2D eigenvalue weighted by Crippen LogP contribution is 2.17. The van der Waals surface area contributed by atoms with Gasteiger partial charge in [0.25, 0.3) is 0 Å². The third-order valence-corrected chi connectivity index (χ3v) is 2.20. The van der Waals surface area contributed by atoms with Gasteiger partial charge in [0.05, 0.1) is 0 Å². The van der Waals surface area contributed by atoms with Crippen molar-refractivity contribution >= 4 is 6.08 Å². The van der Waals surface area contributed by atoms with Crippen LogP contribution in [0.4, 0.5) is 4.39 Å². The molecule has 0 unspecified atom stereocenters. The van der Waals surface area contributed by atoms with E-state index in [1.54, 1.807) is 6.07 Å². The molecule has 0 bridgehead atoms. The van der Waals surface area contributed by atoms with Crippen molar-refractivity contribution in [1.82, 2.24) is 0 Å². The predicted octanol–water partition coefficient (Wildman–Crippen LogP) is 2.89. The number of rotatable bonds is 3. The van der Waals surface area contributed by atoms with E-state index in [-0.39, 0.29) is 5.82 Å². The summed E-state index contributed by atoms with van der Waals surface area (Å²) < 4.78 is 13.4. The van der Waals surface area contributed by atoms with Crippen LogP contribution in [0.5, 0.6) is 0 Å². The zero-order valence-electron chi connectivity index (χ0n) is 8.68. The fraction of sp³-hybridized carbons (Fsp3) is 0.333. The summed E-state index contributed by atoms with van der Waals surface area (Å²) in [7, 11) is 0. The second-order valence-corrected chi connectivity index (χ2v) is 3.50. The normalized spacial score (nSPS) is 11.9. The molecule has 2 N–H and O–H groups in total. The van der Waals surface area contributed by atoms with E-state index in [1.165, 1.54) is 6.07 Å². The lowest BCUT2D eigenvalue weighted by Gasteiger charge is -2.04. The monoisotopic (exact) mass is 193 g/mol. The highest BCUT2D eigenvalue weighted by Gasteiger charge is 2.01. The van der Waals surface area contributed by atoms with Crippen molar-refractivity contribution < 1.29 is 4.39 Å². The second-order valence-electron chi connectivity index (χ2n) is 3.50. The predicted molar refractivity (Wildman–Crippen MR) is 58.5 cm³/mol. The van der Waals surface area contributed by atoms with Crippen molar-refractivity contribution in [3.8, 4) is 0 Å². The molecular weight excluding hydrogens is 177 g/mol. The lowest BCUT2D eigenvalue weighted by molar-refractivity contribution is 0.623. The van der Waals surface area contributed by atoms with Gasteiger partial charge in [0.2, 0.25) is 0 Å². The van der Waals surface area contributed by atoms with Crippen molar-refractivity contribution in [2.75, 3.05) is 6.54 Å². The Bertz CT molecular complexity index is 322. The van der Waals surface area contributed by atoms with E-state index in [4.69, 9.17) is 5.73 Å². The minimum Gasteiger partial charge on any atom is -0.330 e. The summed E-state index contributed by atoms with van der Waals surface area (Å²) in [4.78, 5) is 0. The molecule has 2 heteroatoms. The van der Waals surface area contributed by atoms with E-state index in [9.17, 15) is 4.39 Å². The summed E-state index contributed by atoms with van der Waals surface area (Å²) >= 11 is 0. The average molecular weight is 193 g/mol. The maximum absolute atomic E-state index is 13.4. The molecule has 0 saturated carbocycles. The van der Waals surface area contributed by atoms with Crippen LogP contribution in [0.15, 0.2) is 23.8 Å². The maximum Gasteiger partial charge on any atom is 0.130 e. The topological polar surface area (TPSA) is 26.0 Å². The Morgan fingerprint density at radius 3 is 2.79 bits per heavy atom. The highest BCUT2D eigenvalue weighted by molar-refractivity contribution is 5.56. The van der Waals surface area contributed by atoms with Gasteiger partial charge in [-0.1, -0.05) is 23.8 Å². The zero-order valence-corrected chi connectivity index (χ0v) is 8.68. The lowest BCUT2D eigenvalue weighted by atomic mass is 10.0.